The number of nitrogens with zero attached hydrogens (tertiary/aromatic N) is 1. The van der Waals surface area contributed by atoms with Gasteiger partial charge in [-0.05, 0) is 41.5 Å². The van der Waals surface area contributed by atoms with Gasteiger partial charge in [0.1, 0.15) is 11.2 Å². The fraction of sp³-hybridized carbons (Fsp3) is 0.643. The quantitative estimate of drug-likeness (QED) is 0.863. The molecule has 1 heterocycles. The van der Waals surface area contributed by atoms with Crippen molar-refractivity contribution in [3.05, 3.63) is 17.5 Å². The van der Waals surface area contributed by atoms with Crippen LogP contribution in [0.3, 0.4) is 0 Å². The van der Waals surface area contributed by atoms with E-state index in [1.165, 1.54) is 6.07 Å². The third kappa shape index (κ3) is 6.78. The van der Waals surface area contributed by atoms with Crippen molar-refractivity contribution in [2.75, 3.05) is 0 Å². The van der Waals surface area contributed by atoms with Crippen LogP contribution >= 0.6 is 0 Å². The van der Waals surface area contributed by atoms with E-state index in [0.717, 1.165) is 0 Å². The first-order valence-corrected chi connectivity index (χ1v) is 6.62. The highest BCUT2D eigenvalue weighted by atomic mass is 16.6. The van der Waals surface area contributed by atoms with Gasteiger partial charge in [-0.25, -0.2) is 9.59 Å². The first kappa shape index (κ1) is 17.0. The van der Waals surface area contributed by atoms with Gasteiger partial charge in [0.15, 0.2) is 11.5 Å². The van der Waals surface area contributed by atoms with Crippen LogP contribution in [0.1, 0.15) is 57.8 Å². The highest BCUT2D eigenvalue weighted by Crippen LogP contribution is 2.12. The first-order chi connectivity index (χ1) is 9.46. The lowest BCUT2D eigenvalue weighted by molar-refractivity contribution is 0.00583. The summed E-state index contributed by atoms with van der Waals surface area (Å²) in [5, 5.41) is 6.12. The van der Waals surface area contributed by atoms with Gasteiger partial charge in [0.2, 0.25) is 0 Å². The molecule has 1 rings (SSSR count). The van der Waals surface area contributed by atoms with Gasteiger partial charge in [-0.2, -0.15) is 0 Å². The van der Waals surface area contributed by atoms with E-state index in [0.29, 0.717) is 5.76 Å². The molecule has 0 bridgehead atoms. The smallest absolute Gasteiger partial charge is 0.408 e. The molecule has 1 N–H and O–H groups in total. The molecule has 0 aliphatic carbocycles. The summed E-state index contributed by atoms with van der Waals surface area (Å²) in [5.41, 5.74) is -1.12. The molecule has 0 fully saturated rings. The van der Waals surface area contributed by atoms with Crippen molar-refractivity contribution < 1.29 is 23.6 Å². The maximum atomic E-state index is 11.7. The highest BCUT2D eigenvalue weighted by molar-refractivity contribution is 5.87. The average molecular weight is 298 g/mol. The number of hydrogen-bond acceptors (Lipinski definition) is 6. The second-order valence-corrected chi connectivity index (χ2v) is 6.54. The van der Waals surface area contributed by atoms with Crippen molar-refractivity contribution in [3.8, 4) is 0 Å². The lowest BCUT2D eigenvalue weighted by atomic mass is 10.2. The lowest BCUT2D eigenvalue weighted by Gasteiger charge is -2.19. The van der Waals surface area contributed by atoms with Gasteiger partial charge in [0.05, 0.1) is 6.54 Å². The van der Waals surface area contributed by atoms with Crippen LogP contribution in [-0.4, -0.2) is 28.4 Å². The molecule has 7 heteroatoms. The number of carbonyl (C=O) groups excluding carboxylic acids is 2. The van der Waals surface area contributed by atoms with E-state index in [4.69, 9.17) is 14.0 Å². The number of amides is 1. The summed E-state index contributed by atoms with van der Waals surface area (Å²) in [7, 11) is 0. The van der Waals surface area contributed by atoms with Crippen molar-refractivity contribution in [2.24, 2.45) is 0 Å². The third-order valence-corrected chi connectivity index (χ3v) is 1.97. The summed E-state index contributed by atoms with van der Waals surface area (Å²) in [6.45, 7) is 10.7. The molecule has 1 amide bonds. The van der Waals surface area contributed by atoms with Gasteiger partial charge in [0.25, 0.3) is 0 Å². The standard InChI is InChI=1S/C14H22N2O5/c1-13(2,3)19-11(17)10-7-9(21-16-10)8-15-12(18)20-14(4,5)6/h7H,8H2,1-6H3,(H,15,18). The van der Waals surface area contributed by atoms with E-state index in [1.54, 1.807) is 41.5 Å². The molecule has 0 spiro atoms. The van der Waals surface area contributed by atoms with Gasteiger partial charge in [0, 0.05) is 6.07 Å². The van der Waals surface area contributed by atoms with Gasteiger partial charge < -0.3 is 19.3 Å². The molecule has 0 saturated carbocycles. The molecule has 0 aliphatic heterocycles. The third-order valence-electron chi connectivity index (χ3n) is 1.97. The Morgan fingerprint density at radius 1 is 1.14 bits per heavy atom. The van der Waals surface area contributed by atoms with Gasteiger partial charge in [-0.1, -0.05) is 5.16 Å². The van der Waals surface area contributed by atoms with E-state index in [-0.39, 0.29) is 12.2 Å². The van der Waals surface area contributed by atoms with Gasteiger partial charge in [-0.3, -0.25) is 0 Å². The van der Waals surface area contributed by atoms with Crippen LogP contribution in [0.5, 0.6) is 0 Å². The van der Waals surface area contributed by atoms with Gasteiger partial charge >= 0.3 is 12.1 Å². The fourth-order valence-corrected chi connectivity index (χ4v) is 1.30. The molecule has 0 unspecified atom stereocenters. The Morgan fingerprint density at radius 3 is 2.24 bits per heavy atom. The predicted octanol–water partition coefficient (Wildman–Crippen LogP) is 2.65. The summed E-state index contributed by atoms with van der Waals surface area (Å²) in [6.07, 6.45) is -0.572. The van der Waals surface area contributed by atoms with E-state index in [2.05, 4.69) is 10.5 Å². The van der Waals surface area contributed by atoms with Crippen molar-refractivity contribution in [2.45, 2.75) is 59.3 Å². The van der Waals surface area contributed by atoms with Crippen LogP contribution in [-0.2, 0) is 16.0 Å². The number of carbonyl (C=O) groups is 2. The van der Waals surface area contributed by atoms with Crippen LogP contribution in [0.2, 0.25) is 0 Å². The van der Waals surface area contributed by atoms with E-state index in [9.17, 15) is 9.59 Å². The van der Waals surface area contributed by atoms with E-state index >= 15 is 0 Å². The average Bonchev–Trinajstić information content (AvgIpc) is 2.70. The van der Waals surface area contributed by atoms with Crippen LogP contribution in [0, 0.1) is 0 Å². The number of esters is 1. The molecule has 7 nitrogen and oxygen atoms in total. The first-order valence-electron chi connectivity index (χ1n) is 6.62. The summed E-state index contributed by atoms with van der Waals surface area (Å²) < 4.78 is 15.2. The number of nitrogens with one attached hydrogen (secondary N) is 1. The summed E-state index contributed by atoms with van der Waals surface area (Å²) in [5.74, 6) is -0.239. The minimum Gasteiger partial charge on any atom is -0.455 e. The molecule has 0 atom stereocenters. The Morgan fingerprint density at radius 2 is 1.71 bits per heavy atom. The number of ether oxygens (including phenoxy) is 2. The van der Waals surface area contributed by atoms with Crippen LogP contribution < -0.4 is 5.32 Å². The number of alkyl carbamates (subject to hydrolysis) is 1. The summed E-state index contributed by atoms with van der Waals surface area (Å²) in [6, 6.07) is 1.42. The molecule has 0 saturated heterocycles. The SMILES string of the molecule is CC(C)(C)OC(=O)NCc1cc(C(=O)OC(C)(C)C)no1. The molecular weight excluding hydrogens is 276 g/mol. The molecule has 0 aromatic carbocycles. The summed E-state index contributed by atoms with van der Waals surface area (Å²) in [4.78, 5) is 23.2. The Hall–Kier alpha value is -2.05. The van der Waals surface area contributed by atoms with Crippen molar-refractivity contribution in [1.82, 2.24) is 10.5 Å². The summed E-state index contributed by atoms with van der Waals surface area (Å²) >= 11 is 0. The molecule has 1 aromatic rings. The highest BCUT2D eigenvalue weighted by Gasteiger charge is 2.21. The van der Waals surface area contributed by atoms with E-state index in [1.807, 2.05) is 0 Å². The van der Waals surface area contributed by atoms with Crippen LogP contribution in [0.15, 0.2) is 10.6 Å². The van der Waals surface area contributed by atoms with Crippen molar-refractivity contribution in [3.63, 3.8) is 0 Å². The molecule has 21 heavy (non-hydrogen) atoms. The monoisotopic (exact) mass is 298 g/mol. The number of hydrogen-bond donors (Lipinski definition) is 1. The Bertz CT molecular complexity index is 508. The molecule has 118 valence electrons. The zero-order chi connectivity index (χ0) is 16.3. The second-order valence-electron chi connectivity index (χ2n) is 6.54. The minimum absolute atomic E-state index is 0.0610. The molecular formula is C14H22N2O5. The maximum absolute atomic E-state index is 11.7. The van der Waals surface area contributed by atoms with Crippen LogP contribution in [0.25, 0.3) is 0 Å². The zero-order valence-electron chi connectivity index (χ0n) is 13.3. The fourth-order valence-electron chi connectivity index (χ4n) is 1.30. The zero-order valence-corrected chi connectivity index (χ0v) is 13.3. The molecule has 1 aromatic heterocycles. The normalized spacial score (nSPS) is 11.9. The largest absolute Gasteiger partial charge is 0.455 e. The number of aromatic nitrogens is 1. The van der Waals surface area contributed by atoms with Crippen LogP contribution in [0.4, 0.5) is 4.79 Å². The maximum Gasteiger partial charge on any atom is 0.408 e. The topological polar surface area (TPSA) is 90.7 Å². The van der Waals surface area contributed by atoms with Crippen molar-refractivity contribution >= 4 is 12.1 Å². The van der Waals surface area contributed by atoms with Crippen molar-refractivity contribution in [1.29, 1.82) is 0 Å². The predicted molar refractivity (Wildman–Crippen MR) is 74.7 cm³/mol. The van der Waals surface area contributed by atoms with E-state index < -0.39 is 23.3 Å². The lowest BCUT2D eigenvalue weighted by Crippen LogP contribution is -2.32. The minimum atomic E-state index is -0.606. The molecule has 0 radical (unpaired) electrons. The number of rotatable bonds is 3. The van der Waals surface area contributed by atoms with Gasteiger partial charge in [-0.15, -0.1) is 0 Å². The molecule has 0 aliphatic rings. The Kier molecular flexibility index (Phi) is 4.98. The Balaban J connectivity index is 2.53. The second kappa shape index (κ2) is 6.15. The Labute approximate surface area is 124 Å².